The van der Waals surface area contributed by atoms with Gasteiger partial charge in [0.15, 0.2) is 23.6 Å². The fourth-order valence-electron chi connectivity index (χ4n) is 4.17. The van der Waals surface area contributed by atoms with E-state index in [0.717, 1.165) is 18.4 Å². The van der Waals surface area contributed by atoms with Gasteiger partial charge in [-0.1, -0.05) is 37.6 Å². The van der Waals surface area contributed by atoms with Crippen LogP contribution in [0.1, 0.15) is 24.5 Å². The normalized spacial score (nSPS) is 11.4. The third kappa shape index (κ3) is 6.53. The van der Waals surface area contributed by atoms with Gasteiger partial charge in [-0.05, 0) is 52.9 Å². The average molecular weight is 600 g/mol. The van der Waals surface area contributed by atoms with Crippen molar-refractivity contribution in [2.75, 3.05) is 0 Å². The zero-order valence-electron chi connectivity index (χ0n) is 21.4. The molecule has 0 aliphatic carbocycles. The highest BCUT2D eigenvalue weighted by atomic mass is 19.3. The summed E-state index contributed by atoms with van der Waals surface area (Å²) >= 11 is 0. The third-order valence-corrected chi connectivity index (χ3v) is 5.97. The molecule has 12 heteroatoms. The molecule has 0 aromatic heterocycles. The van der Waals surface area contributed by atoms with Crippen LogP contribution in [0.3, 0.4) is 0 Å². The fraction of sp³-hybridized carbons (Fsp3) is 0.133. The van der Waals surface area contributed by atoms with Gasteiger partial charge in [-0.3, -0.25) is 0 Å². The van der Waals surface area contributed by atoms with Crippen molar-refractivity contribution in [1.82, 2.24) is 0 Å². The lowest BCUT2D eigenvalue weighted by Gasteiger charge is -2.20. The molecule has 0 radical (unpaired) electrons. The molecule has 0 atom stereocenters. The Balaban J connectivity index is 1.62. The van der Waals surface area contributed by atoms with Crippen LogP contribution in [0.2, 0.25) is 0 Å². The summed E-state index contributed by atoms with van der Waals surface area (Å²) in [6.45, 7) is 1.97. The molecule has 4 aromatic rings. The van der Waals surface area contributed by atoms with E-state index in [0.29, 0.717) is 29.8 Å². The van der Waals surface area contributed by atoms with Gasteiger partial charge in [0.25, 0.3) is 0 Å². The van der Waals surface area contributed by atoms with E-state index in [1.807, 2.05) is 6.92 Å². The molecule has 0 N–H and O–H groups in total. The predicted molar refractivity (Wildman–Crippen MR) is 133 cm³/mol. The summed E-state index contributed by atoms with van der Waals surface area (Å²) in [6, 6.07) is 9.01. The van der Waals surface area contributed by atoms with Gasteiger partial charge < -0.3 is 9.47 Å². The molecule has 4 rings (SSSR count). The number of ether oxygens (including phenoxy) is 2. The Morgan fingerprint density at radius 2 is 1.21 bits per heavy atom. The fourth-order valence-corrected chi connectivity index (χ4v) is 4.17. The van der Waals surface area contributed by atoms with Gasteiger partial charge >= 0.3 is 12.2 Å². The molecule has 0 saturated carbocycles. The molecule has 0 fully saturated rings. The first-order valence-electron chi connectivity index (χ1n) is 12.1. The van der Waals surface area contributed by atoms with Crippen molar-refractivity contribution in [2.45, 2.75) is 25.9 Å². The minimum absolute atomic E-state index is 0.0456. The van der Waals surface area contributed by atoms with E-state index in [1.165, 1.54) is 0 Å². The number of alkyl halides is 2. The van der Waals surface area contributed by atoms with Crippen LogP contribution in [-0.4, -0.2) is 0 Å². The maximum absolute atomic E-state index is 14.9. The van der Waals surface area contributed by atoms with Crippen LogP contribution in [0.5, 0.6) is 11.5 Å². The summed E-state index contributed by atoms with van der Waals surface area (Å²) in [5.41, 5.74) is -2.44. The number of benzene rings is 4. The standard InChI is InChI=1S/C30H18F10O2/c1-2-3-15-4-6-16(7-5-15)17-8-22(33)28(23(34)9-17)30(39,40)42-19-12-20(31)27(21(32)13-19)18-10-24(35)29(25(36)11-18)41-14-26(37)38/h4-14H,2-3H2,1H3. The van der Waals surface area contributed by atoms with Crippen LogP contribution in [-0.2, 0) is 12.5 Å². The minimum atomic E-state index is -4.76. The topological polar surface area (TPSA) is 18.5 Å². The molecule has 0 bridgehead atoms. The summed E-state index contributed by atoms with van der Waals surface area (Å²) in [7, 11) is 0. The van der Waals surface area contributed by atoms with Gasteiger partial charge in [-0.15, -0.1) is 0 Å². The molecule has 0 aliphatic heterocycles. The van der Waals surface area contributed by atoms with Crippen molar-refractivity contribution < 1.29 is 53.4 Å². The lowest BCUT2D eigenvalue weighted by atomic mass is 10.00. The first-order chi connectivity index (χ1) is 19.8. The Hall–Kier alpha value is -4.48. The Labute approximate surface area is 232 Å². The average Bonchev–Trinajstić information content (AvgIpc) is 2.87. The maximum Gasteiger partial charge on any atom is 0.432 e. The zero-order valence-corrected chi connectivity index (χ0v) is 21.4. The van der Waals surface area contributed by atoms with Gasteiger partial charge in [0.05, 0.1) is 5.56 Å². The molecule has 4 aromatic carbocycles. The van der Waals surface area contributed by atoms with Crippen LogP contribution in [0.15, 0.2) is 73.0 Å². The van der Waals surface area contributed by atoms with E-state index in [-0.39, 0.29) is 24.0 Å². The van der Waals surface area contributed by atoms with Crippen molar-refractivity contribution in [2.24, 2.45) is 0 Å². The van der Waals surface area contributed by atoms with Crippen molar-refractivity contribution in [1.29, 1.82) is 0 Å². The minimum Gasteiger partial charge on any atom is -0.453 e. The molecule has 220 valence electrons. The zero-order chi connectivity index (χ0) is 30.8. The highest BCUT2D eigenvalue weighted by Gasteiger charge is 2.41. The highest BCUT2D eigenvalue weighted by Crippen LogP contribution is 2.39. The summed E-state index contributed by atoms with van der Waals surface area (Å²) < 4.78 is 150. The molecule has 0 saturated heterocycles. The van der Waals surface area contributed by atoms with E-state index in [2.05, 4.69) is 9.47 Å². The summed E-state index contributed by atoms with van der Waals surface area (Å²) in [5.74, 6) is -12.4. The molecule has 0 spiro atoms. The molecule has 0 heterocycles. The lowest BCUT2D eigenvalue weighted by molar-refractivity contribution is -0.189. The molecule has 0 aliphatic rings. The van der Waals surface area contributed by atoms with Crippen molar-refractivity contribution >= 4 is 0 Å². The van der Waals surface area contributed by atoms with Crippen LogP contribution < -0.4 is 9.47 Å². The lowest BCUT2D eigenvalue weighted by Crippen LogP contribution is -2.25. The van der Waals surface area contributed by atoms with Crippen LogP contribution >= 0.6 is 0 Å². The molecule has 2 nitrogen and oxygen atoms in total. The smallest absolute Gasteiger partial charge is 0.432 e. The van der Waals surface area contributed by atoms with E-state index >= 15 is 0 Å². The summed E-state index contributed by atoms with van der Waals surface area (Å²) in [5, 5.41) is 0. The Morgan fingerprint density at radius 3 is 1.71 bits per heavy atom. The van der Waals surface area contributed by atoms with E-state index < -0.39 is 75.3 Å². The largest absolute Gasteiger partial charge is 0.453 e. The van der Waals surface area contributed by atoms with Crippen LogP contribution in [0, 0.1) is 34.9 Å². The second-order valence-electron chi connectivity index (χ2n) is 8.94. The van der Waals surface area contributed by atoms with E-state index in [1.54, 1.807) is 24.3 Å². The van der Waals surface area contributed by atoms with Gasteiger partial charge in [0, 0.05) is 12.1 Å². The van der Waals surface area contributed by atoms with Gasteiger partial charge in [0.2, 0.25) is 0 Å². The number of rotatable bonds is 9. The highest BCUT2D eigenvalue weighted by molar-refractivity contribution is 5.67. The first kappa shape index (κ1) is 30.5. The molecule has 42 heavy (non-hydrogen) atoms. The number of halogens is 10. The summed E-state index contributed by atoms with van der Waals surface area (Å²) in [6.07, 6.45) is -5.81. The van der Waals surface area contributed by atoms with Crippen molar-refractivity contribution in [3.05, 3.63) is 119 Å². The molecular weight excluding hydrogens is 582 g/mol. The second-order valence-corrected chi connectivity index (χ2v) is 8.94. The molecular formula is C30H18F10O2. The van der Waals surface area contributed by atoms with Crippen molar-refractivity contribution in [3.63, 3.8) is 0 Å². The Bertz CT molecular complexity index is 1580. The number of aryl methyl sites for hydroxylation is 1. The maximum atomic E-state index is 14.9. The molecule has 0 amide bonds. The quantitative estimate of drug-likeness (QED) is 0.141. The number of hydrogen-bond acceptors (Lipinski definition) is 2. The first-order valence-corrected chi connectivity index (χ1v) is 12.1. The van der Waals surface area contributed by atoms with Gasteiger partial charge in [-0.25, -0.2) is 26.3 Å². The second kappa shape index (κ2) is 12.2. The Kier molecular flexibility index (Phi) is 8.83. The SMILES string of the molecule is CCCc1ccc(-c2cc(F)c(C(F)(F)Oc3cc(F)c(-c4cc(F)c(OC=C(F)F)c(F)c4)c(F)c3)c(F)c2)cc1. The van der Waals surface area contributed by atoms with Crippen LogP contribution in [0.4, 0.5) is 43.9 Å². The van der Waals surface area contributed by atoms with E-state index in [9.17, 15) is 43.9 Å². The third-order valence-electron chi connectivity index (χ3n) is 5.97. The van der Waals surface area contributed by atoms with Crippen molar-refractivity contribution in [3.8, 4) is 33.8 Å². The summed E-state index contributed by atoms with van der Waals surface area (Å²) in [4.78, 5) is 0. The van der Waals surface area contributed by atoms with Gasteiger partial charge in [0.1, 0.15) is 34.6 Å². The van der Waals surface area contributed by atoms with Crippen LogP contribution in [0.25, 0.3) is 22.3 Å². The Morgan fingerprint density at radius 1 is 0.690 bits per heavy atom. The molecule has 0 unspecified atom stereocenters. The van der Waals surface area contributed by atoms with Gasteiger partial charge in [-0.2, -0.15) is 17.6 Å². The monoisotopic (exact) mass is 600 g/mol. The number of hydrogen-bond donors (Lipinski definition) is 0. The predicted octanol–water partition coefficient (Wildman–Crippen LogP) is 10.1. The van der Waals surface area contributed by atoms with E-state index in [4.69, 9.17) is 0 Å².